The van der Waals surface area contributed by atoms with E-state index < -0.39 is 0 Å². The molecule has 2 rings (SSSR count). The quantitative estimate of drug-likeness (QED) is 0.889. The van der Waals surface area contributed by atoms with Crippen LogP contribution in [0.1, 0.15) is 25.3 Å². The molecule has 0 unspecified atom stereocenters. The molecular formula is C15H25Cl2N3O. The Morgan fingerprint density at radius 1 is 1.19 bits per heavy atom. The van der Waals surface area contributed by atoms with Crippen LogP contribution in [0.15, 0.2) is 24.3 Å². The van der Waals surface area contributed by atoms with E-state index in [0.29, 0.717) is 12.5 Å². The van der Waals surface area contributed by atoms with Crippen molar-refractivity contribution in [3.63, 3.8) is 0 Å². The van der Waals surface area contributed by atoms with Gasteiger partial charge >= 0.3 is 0 Å². The van der Waals surface area contributed by atoms with Crippen molar-refractivity contribution in [2.24, 2.45) is 0 Å². The van der Waals surface area contributed by atoms with E-state index >= 15 is 0 Å². The average molecular weight is 334 g/mol. The third-order valence-corrected chi connectivity index (χ3v) is 3.44. The van der Waals surface area contributed by atoms with Gasteiger partial charge in [0, 0.05) is 31.9 Å². The summed E-state index contributed by atoms with van der Waals surface area (Å²) in [6, 6.07) is 8.10. The minimum atomic E-state index is 0. The highest BCUT2D eigenvalue weighted by molar-refractivity contribution is 5.92. The van der Waals surface area contributed by atoms with Gasteiger partial charge in [0.05, 0.1) is 6.54 Å². The number of hydrogen-bond donors (Lipinski definition) is 2. The lowest BCUT2D eigenvalue weighted by Crippen LogP contribution is -2.46. The van der Waals surface area contributed by atoms with Gasteiger partial charge in [-0.3, -0.25) is 9.69 Å². The molecule has 0 radical (unpaired) electrons. The van der Waals surface area contributed by atoms with Crippen LogP contribution in [0, 0.1) is 0 Å². The Morgan fingerprint density at radius 3 is 2.29 bits per heavy atom. The maximum atomic E-state index is 11.9. The zero-order chi connectivity index (χ0) is 13.7. The van der Waals surface area contributed by atoms with Crippen molar-refractivity contribution in [3.05, 3.63) is 29.8 Å². The second-order valence-corrected chi connectivity index (χ2v) is 5.35. The van der Waals surface area contributed by atoms with Crippen molar-refractivity contribution in [1.82, 2.24) is 10.2 Å². The fourth-order valence-corrected chi connectivity index (χ4v) is 2.22. The largest absolute Gasteiger partial charge is 0.325 e. The van der Waals surface area contributed by atoms with E-state index in [0.717, 1.165) is 31.9 Å². The fourth-order valence-electron chi connectivity index (χ4n) is 2.22. The smallest absolute Gasteiger partial charge is 0.238 e. The maximum Gasteiger partial charge on any atom is 0.238 e. The molecule has 0 bridgehead atoms. The van der Waals surface area contributed by atoms with Gasteiger partial charge in [-0.25, -0.2) is 0 Å². The molecule has 4 nitrogen and oxygen atoms in total. The summed E-state index contributed by atoms with van der Waals surface area (Å²) in [6.07, 6.45) is 0. The monoisotopic (exact) mass is 333 g/mol. The molecule has 0 saturated carbocycles. The molecule has 0 aliphatic carbocycles. The lowest BCUT2D eigenvalue weighted by Gasteiger charge is -2.26. The van der Waals surface area contributed by atoms with Crippen molar-refractivity contribution in [2.75, 3.05) is 38.0 Å². The summed E-state index contributed by atoms with van der Waals surface area (Å²) < 4.78 is 0. The predicted molar refractivity (Wildman–Crippen MR) is 93.0 cm³/mol. The van der Waals surface area contributed by atoms with Crippen molar-refractivity contribution in [3.8, 4) is 0 Å². The molecule has 21 heavy (non-hydrogen) atoms. The molecule has 2 N–H and O–H groups in total. The van der Waals surface area contributed by atoms with Crippen LogP contribution in [0.25, 0.3) is 0 Å². The molecule has 1 fully saturated rings. The average Bonchev–Trinajstić information content (AvgIpc) is 2.40. The number of halogens is 2. The van der Waals surface area contributed by atoms with E-state index in [1.807, 2.05) is 12.1 Å². The topological polar surface area (TPSA) is 44.4 Å². The van der Waals surface area contributed by atoms with Crippen LogP contribution < -0.4 is 10.6 Å². The number of anilines is 1. The van der Waals surface area contributed by atoms with Crippen LogP contribution in [0.5, 0.6) is 0 Å². The van der Waals surface area contributed by atoms with E-state index in [-0.39, 0.29) is 30.7 Å². The molecule has 0 aromatic heterocycles. The summed E-state index contributed by atoms with van der Waals surface area (Å²) in [5, 5.41) is 6.24. The highest BCUT2D eigenvalue weighted by Gasteiger charge is 2.13. The summed E-state index contributed by atoms with van der Waals surface area (Å²) in [6.45, 7) is 8.63. The molecule has 0 atom stereocenters. The molecule has 1 aliphatic rings. The molecule has 1 saturated heterocycles. The summed E-state index contributed by atoms with van der Waals surface area (Å²) in [5.74, 6) is 0.588. The summed E-state index contributed by atoms with van der Waals surface area (Å²) in [7, 11) is 0. The highest BCUT2D eigenvalue weighted by atomic mass is 35.5. The summed E-state index contributed by atoms with van der Waals surface area (Å²) in [4.78, 5) is 14.1. The first kappa shape index (κ1) is 20.2. The Balaban J connectivity index is 0.00000200. The number of piperazine rings is 1. The van der Waals surface area contributed by atoms with E-state index in [2.05, 4.69) is 41.5 Å². The van der Waals surface area contributed by atoms with E-state index in [1.54, 1.807) is 0 Å². The number of carbonyl (C=O) groups is 1. The number of nitrogens with one attached hydrogen (secondary N) is 2. The van der Waals surface area contributed by atoms with Gasteiger partial charge in [0.1, 0.15) is 0 Å². The van der Waals surface area contributed by atoms with E-state index in [1.165, 1.54) is 5.56 Å². The minimum Gasteiger partial charge on any atom is -0.325 e. The molecule has 6 heteroatoms. The van der Waals surface area contributed by atoms with Gasteiger partial charge in [-0.15, -0.1) is 24.8 Å². The third kappa shape index (κ3) is 6.66. The molecule has 1 amide bonds. The second kappa shape index (κ2) is 10.0. The Bertz CT molecular complexity index is 417. The van der Waals surface area contributed by atoms with Crippen molar-refractivity contribution in [1.29, 1.82) is 0 Å². The van der Waals surface area contributed by atoms with Crippen LogP contribution in [0.2, 0.25) is 0 Å². The Kier molecular flexibility index (Phi) is 9.62. The number of rotatable bonds is 4. The Hall–Kier alpha value is -0.810. The van der Waals surface area contributed by atoms with Crippen molar-refractivity contribution >= 4 is 36.4 Å². The molecule has 120 valence electrons. The third-order valence-electron chi connectivity index (χ3n) is 3.44. The molecule has 0 spiro atoms. The lowest BCUT2D eigenvalue weighted by molar-refractivity contribution is -0.117. The van der Waals surface area contributed by atoms with Gasteiger partial charge in [0.15, 0.2) is 0 Å². The van der Waals surface area contributed by atoms with Crippen molar-refractivity contribution < 1.29 is 4.79 Å². The van der Waals surface area contributed by atoms with E-state index in [9.17, 15) is 4.79 Å². The molecule has 1 aromatic carbocycles. The van der Waals surface area contributed by atoms with Crippen molar-refractivity contribution in [2.45, 2.75) is 19.8 Å². The van der Waals surface area contributed by atoms with Crippen LogP contribution >= 0.6 is 24.8 Å². The first-order valence-corrected chi connectivity index (χ1v) is 6.98. The maximum absolute atomic E-state index is 11.9. The number of benzene rings is 1. The van der Waals surface area contributed by atoms with Gasteiger partial charge in [0.25, 0.3) is 0 Å². The standard InChI is InChI=1S/C15H23N3O.2ClH/c1-12(2)13-3-5-14(6-4-13)17-15(19)11-18-9-7-16-8-10-18;;/h3-6,12,16H,7-11H2,1-2H3,(H,17,19);2*1H. The van der Waals surface area contributed by atoms with Gasteiger partial charge < -0.3 is 10.6 Å². The second-order valence-electron chi connectivity index (χ2n) is 5.35. The van der Waals surface area contributed by atoms with Crippen LogP contribution in [0.4, 0.5) is 5.69 Å². The normalized spacial score (nSPS) is 15.0. The number of hydrogen-bond acceptors (Lipinski definition) is 3. The van der Waals surface area contributed by atoms with Gasteiger partial charge in [-0.2, -0.15) is 0 Å². The lowest BCUT2D eigenvalue weighted by atomic mass is 10.0. The van der Waals surface area contributed by atoms with Crippen LogP contribution in [-0.4, -0.2) is 43.5 Å². The Labute approximate surface area is 139 Å². The number of nitrogens with zero attached hydrogens (tertiary/aromatic N) is 1. The molecule has 1 aromatic rings. The summed E-state index contributed by atoms with van der Waals surface area (Å²) in [5.41, 5.74) is 2.17. The number of carbonyl (C=O) groups excluding carboxylic acids is 1. The van der Waals surface area contributed by atoms with Crippen LogP contribution in [0.3, 0.4) is 0 Å². The molecule has 1 heterocycles. The molecule has 1 aliphatic heterocycles. The Morgan fingerprint density at radius 2 is 1.76 bits per heavy atom. The van der Waals surface area contributed by atoms with Gasteiger partial charge in [-0.1, -0.05) is 26.0 Å². The minimum absolute atomic E-state index is 0. The number of amides is 1. The highest BCUT2D eigenvalue weighted by Crippen LogP contribution is 2.17. The predicted octanol–water partition coefficient (Wildman–Crippen LogP) is 2.50. The first-order chi connectivity index (χ1) is 9.15. The van der Waals surface area contributed by atoms with Gasteiger partial charge in [0.2, 0.25) is 5.91 Å². The SMILES string of the molecule is CC(C)c1ccc(NC(=O)CN2CCNCC2)cc1.Cl.Cl. The zero-order valence-electron chi connectivity index (χ0n) is 12.6. The van der Waals surface area contributed by atoms with Gasteiger partial charge in [-0.05, 0) is 23.6 Å². The van der Waals surface area contributed by atoms with Crippen LogP contribution in [-0.2, 0) is 4.79 Å². The summed E-state index contributed by atoms with van der Waals surface area (Å²) >= 11 is 0. The van der Waals surface area contributed by atoms with E-state index in [4.69, 9.17) is 0 Å². The first-order valence-electron chi connectivity index (χ1n) is 6.98. The zero-order valence-corrected chi connectivity index (χ0v) is 14.2. The molecular weight excluding hydrogens is 309 g/mol. The fraction of sp³-hybridized carbons (Fsp3) is 0.533.